The number of benzene rings is 1. The molecule has 2 rings (SSSR count). The number of hydrogen-bond donors (Lipinski definition) is 2. The summed E-state index contributed by atoms with van der Waals surface area (Å²) in [6.07, 6.45) is 1.37. The average Bonchev–Trinajstić information content (AvgIpc) is 3.21. The summed E-state index contributed by atoms with van der Waals surface area (Å²) in [5, 5.41) is 9.67. The molecule has 6 heteroatoms. The van der Waals surface area contributed by atoms with Gasteiger partial charge in [0.1, 0.15) is 5.75 Å². The molecule has 0 heterocycles. The van der Waals surface area contributed by atoms with Crippen LogP contribution in [-0.2, 0) is 10.0 Å². The second kappa shape index (κ2) is 5.90. The predicted octanol–water partition coefficient (Wildman–Crippen LogP) is 1.13. The standard InChI is InChI=1S/C13H19NO4S/c1-2-18-11-5-7-12(8-6-11)19(16,17)14-9-13(15)10-3-4-10/h5-8,10,13-15H,2-4,9H2,1H3/t13-/m0/s1. The summed E-state index contributed by atoms with van der Waals surface area (Å²) in [4.78, 5) is 0.180. The molecule has 0 spiro atoms. The van der Waals surface area contributed by atoms with E-state index in [1.54, 1.807) is 12.1 Å². The van der Waals surface area contributed by atoms with Crippen molar-refractivity contribution in [1.29, 1.82) is 0 Å². The topological polar surface area (TPSA) is 75.6 Å². The first kappa shape index (κ1) is 14.3. The third-order valence-corrected chi connectivity index (χ3v) is 4.53. The van der Waals surface area contributed by atoms with Crippen molar-refractivity contribution in [1.82, 2.24) is 4.72 Å². The normalized spacial score (nSPS) is 17.2. The van der Waals surface area contributed by atoms with Crippen molar-refractivity contribution in [3.63, 3.8) is 0 Å². The molecule has 1 aliphatic rings. The lowest BCUT2D eigenvalue weighted by Crippen LogP contribution is -2.33. The van der Waals surface area contributed by atoms with Crippen LogP contribution in [0.3, 0.4) is 0 Å². The molecule has 106 valence electrons. The highest BCUT2D eigenvalue weighted by molar-refractivity contribution is 7.89. The monoisotopic (exact) mass is 285 g/mol. The van der Waals surface area contributed by atoms with Gasteiger partial charge in [0.2, 0.25) is 10.0 Å². The molecule has 5 nitrogen and oxygen atoms in total. The molecule has 0 bridgehead atoms. The van der Waals surface area contributed by atoms with E-state index in [4.69, 9.17) is 4.74 Å². The van der Waals surface area contributed by atoms with Crippen molar-refractivity contribution in [2.24, 2.45) is 5.92 Å². The maximum Gasteiger partial charge on any atom is 0.240 e. The van der Waals surface area contributed by atoms with Crippen LogP contribution in [0.5, 0.6) is 5.75 Å². The van der Waals surface area contributed by atoms with Crippen molar-refractivity contribution in [2.75, 3.05) is 13.2 Å². The third-order valence-electron chi connectivity index (χ3n) is 3.09. The van der Waals surface area contributed by atoms with Gasteiger partial charge in [-0.15, -0.1) is 0 Å². The zero-order chi connectivity index (χ0) is 13.9. The molecule has 1 aliphatic carbocycles. The van der Waals surface area contributed by atoms with Gasteiger partial charge < -0.3 is 9.84 Å². The van der Waals surface area contributed by atoms with E-state index in [2.05, 4.69) is 4.72 Å². The molecule has 0 aliphatic heterocycles. The Morgan fingerprint density at radius 2 is 2.00 bits per heavy atom. The summed E-state index contributed by atoms with van der Waals surface area (Å²) in [7, 11) is -3.56. The summed E-state index contributed by atoms with van der Waals surface area (Å²) in [5.74, 6) is 0.891. The Kier molecular flexibility index (Phi) is 4.44. The molecule has 1 aromatic carbocycles. The van der Waals surface area contributed by atoms with Gasteiger partial charge in [0, 0.05) is 6.54 Å². The first-order chi connectivity index (χ1) is 9.03. The van der Waals surface area contributed by atoms with Gasteiger partial charge in [0.15, 0.2) is 0 Å². The molecule has 2 N–H and O–H groups in total. The zero-order valence-electron chi connectivity index (χ0n) is 10.9. The van der Waals surface area contributed by atoms with Gasteiger partial charge >= 0.3 is 0 Å². The van der Waals surface area contributed by atoms with E-state index in [9.17, 15) is 13.5 Å². The number of sulfonamides is 1. The summed E-state index contributed by atoms with van der Waals surface area (Å²) >= 11 is 0. The first-order valence-electron chi connectivity index (χ1n) is 6.43. The summed E-state index contributed by atoms with van der Waals surface area (Å²) < 4.78 is 31.7. The molecule has 1 saturated carbocycles. The molecule has 0 radical (unpaired) electrons. The van der Waals surface area contributed by atoms with Crippen LogP contribution >= 0.6 is 0 Å². The SMILES string of the molecule is CCOc1ccc(S(=O)(=O)NC[C@H](O)C2CC2)cc1. The van der Waals surface area contributed by atoms with Crippen LogP contribution < -0.4 is 9.46 Å². The molecule has 0 unspecified atom stereocenters. The lowest BCUT2D eigenvalue weighted by atomic mass is 10.2. The van der Waals surface area contributed by atoms with Crippen molar-refractivity contribution in [3.05, 3.63) is 24.3 Å². The van der Waals surface area contributed by atoms with Crippen molar-refractivity contribution in [3.8, 4) is 5.75 Å². The molecule has 19 heavy (non-hydrogen) atoms. The van der Waals surface area contributed by atoms with Gasteiger partial charge in [0.25, 0.3) is 0 Å². The quantitative estimate of drug-likeness (QED) is 0.787. The summed E-state index contributed by atoms with van der Waals surface area (Å²) in [6.45, 7) is 2.48. The summed E-state index contributed by atoms with van der Waals surface area (Å²) in [5.41, 5.74) is 0. The van der Waals surface area contributed by atoms with Crippen LogP contribution in [0.15, 0.2) is 29.2 Å². The van der Waals surface area contributed by atoms with Crippen LogP contribution in [0, 0.1) is 5.92 Å². The van der Waals surface area contributed by atoms with Gasteiger partial charge in [-0.3, -0.25) is 0 Å². The minimum Gasteiger partial charge on any atom is -0.494 e. The number of aliphatic hydroxyl groups is 1. The first-order valence-corrected chi connectivity index (χ1v) is 7.92. The minimum absolute atomic E-state index is 0.0697. The second-order valence-electron chi connectivity index (χ2n) is 4.66. The Morgan fingerprint density at radius 3 is 2.53 bits per heavy atom. The van der Waals surface area contributed by atoms with Gasteiger partial charge in [0.05, 0.1) is 17.6 Å². The lowest BCUT2D eigenvalue weighted by molar-refractivity contribution is 0.155. The number of hydrogen-bond acceptors (Lipinski definition) is 4. The Balaban J connectivity index is 1.97. The van der Waals surface area contributed by atoms with Crippen LogP contribution in [0.25, 0.3) is 0 Å². The Bertz CT molecular complexity index is 508. The highest BCUT2D eigenvalue weighted by Gasteiger charge is 2.30. The fourth-order valence-electron chi connectivity index (χ4n) is 1.81. The van der Waals surface area contributed by atoms with E-state index in [1.165, 1.54) is 12.1 Å². The van der Waals surface area contributed by atoms with Crippen LogP contribution in [0.2, 0.25) is 0 Å². The highest BCUT2D eigenvalue weighted by atomic mass is 32.2. The Hall–Kier alpha value is -1.11. The fourth-order valence-corrected chi connectivity index (χ4v) is 2.86. The highest BCUT2D eigenvalue weighted by Crippen LogP contribution is 2.32. The average molecular weight is 285 g/mol. The number of nitrogens with one attached hydrogen (secondary N) is 1. The Labute approximate surface area is 113 Å². The molecule has 1 atom stereocenters. The molecular weight excluding hydrogens is 266 g/mol. The maximum absolute atomic E-state index is 12.0. The van der Waals surface area contributed by atoms with E-state index in [-0.39, 0.29) is 17.4 Å². The van der Waals surface area contributed by atoms with Crippen molar-refractivity contribution in [2.45, 2.75) is 30.8 Å². The minimum atomic E-state index is -3.56. The lowest BCUT2D eigenvalue weighted by Gasteiger charge is -2.11. The predicted molar refractivity (Wildman–Crippen MR) is 71.5 cm³/mol. The van der Waals surface area contributed by atoms with Crippen LogP contribution in [0.4, 0.5) is 0 Å². The van der Waals surface area contributed by atoms with E-state index in [0.29, 0.717) is 12.4 Å². The molecule has 0 saturated heterocycles. The molecular formula is C13H19NO4S. The fraction of sp³-hybridized carbons (Fsp3) is 0.538. The molecule has 0 amide bonds. The number of aliphatic hydroxyl groups excluding tert-OH is 1. The maximum atomic E-state index is 12.0. The molecule has 1 aromatic rings. The van der Waals surface area contributed by atoms with Gasteiger partial charge in [-0.2, -0.15) is 0 Å². The van der Waals surface area contributed by atoms with E-state index >= 15 is 0 Å². The smallest absolute Gasteiger partial charge is 0.240 e. The number of ether oxygens (including phenoxy) is 1. The Morgan fingerprint density at radius 1 is 1.37 bits per heavy atom. The third kappa shape index (κ3) is 3.92. The van der Waals surface area contributed by atoms with E-state index < -0.39 is 16.1 Å². The van der Waals surface area contributed by atoms with Crippen molar-refractivity contribution < 1.29 is 18.3 Å². The summed E-state index contributed by atoms with van der Waals surface area (Å²) in [6, 6.07) is 6.23. The molecule has 0 aromatic heterocycles. The largest absolute Gasteiger partial charge is 0.494 e. The van der Waals surface area contributed by atoms with Crippen LogP contribution in [-0.4, -0.2) is 32.8 Å². The van der Waals surface area contributed by atoms with Crippen molar-refractivity contribution >= 4 is 10.0 Å². The van der Waals surface area contributed by atoms with Gasteiger partial charge in [-0.1, -0.05) is 0 Å². The van der Waals surface area contributed by atoms with E-state index in [1.807, 2.05) is 6.92 Å². The second-order valence-corrected chi connectivity index (χ2v) is 6.43. The zero-order valence-corrected chi connectivity index (χ0v) is 11.7. The van der Waals surface area contributed by atoms with Crippen LogP contribution in [0.1, 0.15) is 19.8 Å². The van der Waals surface area contributed by atoms with E-state index in [0.717, 1.165) is 12.8 Å². The number of rotatable bonds is 7. The molecule has 1 fully saturated rings. The van der Waals surface area contributed by atoms with Gasteiger partial charge in [-0.25, -0.2) is 13.1 Å². The van der Waals surface area contributed by atoms with Gasteiger partial charge in [-0.05, 0) is 49.9 Å².